The lowest BCUT2D eigenvalue weighted by Crippen LogP contribution is -2.28. The van der Waals surface area contributed by atoms with Crippen LogP contribution < -0.4 is 10.5 Å². The fraction of sp³-hybridized carbons (Fsp3) is 0.400. The molecule has 1 aliphatic rings. The van der Waals surface area contributed by atoms with Crippen molar-refractivity contribution in [1.29, 1.82) is 0 Å². The van der Waals surface area contributed by atoms with Gasteiger partial charge in [-0.3, -0.25) is 0 Å². The number of halogens is 1. The summed E-state index contributed by atoms with van der Waals surface area (Å²) in [5.74, 6) is 1.37. The number of ether oxygens (including phenoxy) is 1. The molecule has 0 spiro atoms. The lowest BCUT2D eigenvalue weighted by atomic mass is 9.89. The SMILES string of the molecule is COc1cccc(S(=O)(=O)CCN2C[C@@H](CN)[C@H](c3ccccc3)C2)c1.Cl. The molecule has 0 amide bonds. The number of hydrogen-bond acceptors (Lipinski definition) is 5. The Morgan fingerprint density at radius 2 is 1.85 bits per heavy atom. The van der Waals surface area contributed by atoms with E-state index < -0.39 is 9.84 Å². The van der Waals surface area contributed by atoms with Gasteiger partial charge in [0.2, 0.25) is 0 Å². The number of nitrogens with two attached hydrogens (primary N) is 1. The van der Waals surface area contributed by atoms with Crippen LogP contribution in [-0.4, -0.2) is 52.4 Å². The molecule has 2 N–H and O–H groups in total. The van der Waals surface area contributed by atoms with Crippen molar-refractivity contribution in [3.63, 3.8) is 0 Å². The zero-order valence-corrected chi connectivity index (χ0v) is 17.1. The molecule has 0 saturated carbocycles. The summed E-state index contributed by atoms with van der Waals surface area (Å²) in [6, 6.07) is 17.0. The molecule has 0 radical (unpaired) electrons. The first kappa shape index (κ1) is 21.7. The van der Waals surface area contributed by atoms with Crippen molar-refractivity contribution in [2.75, 3.05) is 39.0 Å². The first-order valence-corrected chi connectivity index (χ1v) is 10.5. The minimum Gasteiger partial charge on any atom is -0.497 e. The van der Waals surface area contributed by atoms with Gasteiger partial charge in [0.25, 0.3) is 0 Å². The monoisotopic (exact) mass is 410 g/mol. The average molecular weight is 411 g/mol. The van der Waals surface area contributed by atoms with Crippen LogP contribution in [0.5, 0.6) is 5.75 Å². The molecule has 0 aliphatic carbocycles. The second-order valence-corrected chi connectivity index (χ2v) is 8.88. The standard InChI is InChI=1S/C20H26N2O3S.ClH/c1-25-18-8-5-9-19(12-18)26(23,24)11-10-22-14-17(13-21)20(15-22)16-6-3-2-4-7-16;/h2-9,12,17,20H,10-11,13-15,21H2,1H3;1H/t17-,20+;/m1./s1. The topological polar surface area (TPSA) is 72.6 Å². The van der Waals surface area contributed by atoms with E-state index >= 15 is 0 Å². The normalized spacial score (nSPS) is 20.2. The lowest BCUT2D eigenvalue weighted by molar-refractivity contribution is 0.343. The molecule has 7 heteroatoms. The Kier molecular flexibility index (Phi) is 7.68. The van der Waals surface area contributed by atoms with E-state index in [9.17, 15) is 8.42 Å². The van der Waals surface area contributed by atoms with Crippen LogP contribution >= 0.6 is 12.4 Å². The summed E-state index contributed by atoms with van der Waals surface area (Å²) < 4.78 is 30.4. The quantitative estimate of drug-likeness (QED) is 0.759. The molecule has 5 nitrogen and oxygen atoms in total. The Morgan fingerprint density at radius 3 is 2.52 bits per heavy atom. The molecule has 1 saturated heterocycles. The van der Waals surface area contributed by atoms with Gasteiger partial charge in [0, 0.05) is 25.6 Å². The first-order valence-electron chi connectivity index (χ1n) is 8.87. The number of nitrogens with zero attached hydrogens (tertiary/aromatic N) is 1. The zero-order valence-electron chi connectivity index (χ0n) is 15.5. The Hall–Kier alpha value is -1.60. The summed E-state index contributed by atoms with van der Waals surface area (Å²) in [6.45, 7) is 2.81. The van der Waals surface area contributed by atoms with Gasteiger partial charge in [0.05, 0.1) is 17.8 Å². The maximum absolute atomic E-state index is 12.7. The molecule has 2 aromatic carbocycles. The third kappa shape index (κ3) is 5.23. The van der Waals surface area contributed by atoms with Crippen LogP contribution in [0.2, 0.25) is 0 Å². The van der Waals surface area contributed by atoms with Crippen LogP contribution in [-0.2, 0) is 9.84 Å². The zero-order chi connectivity index (χ0) is 18.6. The minimum absolute atomic E-state index is 0. The van der Waals surface area contributed by atoms with E-state index in [1.807, 2.05) is 18.2 Å². The van der Waals surface area contributed by atoms with Crippen molar-refractivity contribution >= 4 is 22.2 Å². The molecular formula is C20H27ClN2O3S. The van der Waals surface area contributed by atoms with E-state index in [2.05, 4.69) is 17.0 Å². The third-order valence-corrected chi connectivity index (χ3v) is 6.82. The van der Waals surface area contributed by atoms with Gasteiger partial charge in [-0.1, -0.05) is 36.4 Å². The van der Waals surface area contributed by atoms with E-state index in [0.717, 1.165) is 13.1 Å². The summed E-state index contributed by atoms with van der Waals surface area (Å²) in [5.41, 5.74) is 7.25. The molecular weight excluding hydrogens is 384 g/mol. The van der Waals surface area contributed by atoms with E-state index in [1.54, 1.807) is 24.3 Å². The maximum Gasteiger partial charge on any atom is 0.179 e. The Balaban J connectivity index is 0.00000261. The Bertz CT molecular complexity index is 830. The third-order valence-electron chi connectivity index (χ3n) is 5.12. The number of benzene rings is 2. The summed E-state index contributed by atoms with van der Waals surface area (Å²) in [5, 5.41) is 0. The minimum atomic E-state index is -3.34. The molecule has 1 aliphatic heterocycles. The first-order chi connectivity index (χ1) is 12.5. The van der Waals surface area contributed by atoms with E-state index in [4.69, 9.17) is 10.5 Å². The average Bonchev–Trinajstić information content (AvgIpc) is 3.11. The van der Waals surface area contributed by atoms with E-state index in [0.29, 0.717) is 35.6 Å². The highest BCUT2D eigenvalue weighted by atomic mass is 35.5. The van der Waals surface area contributed by atoms with Gasteiger partial charge >= 0.3 is 0 Å². The van der Waals surface area contributed by atoms with Crippen molar-refractivity contribution in [1.82, 2.24) is 4.90 Å². The molecule has 0 bridgehead atoms. The largest absolute Gasteiger partial charge is 0.497 e. The van der Waals surface area contributed by atoms with Crippen LogP contribution in [0.3, 0.4) is 0 Å². The molecule has 2 atom stereocenters. The molecule has 2 aromatic rings. The summed E-state index contributed by atoms with van der Waals surface area (Å²) in [6.07, 6.45) is 0. The second-order valence-electron chi connectivity index (χ2n) is 6.77. The van der Waals surface area contributed by atoms with Crippen LogP contribution in [0.1, 0.15) is 11.5 Å². The van der Waals surface area contributed by atoms with Gasteiger partial charge in [-0.05, 0) is 36.2 Å². The molecule has 3 rings (SSSR count). The van der Waals surface area contributed by atoms with Crippen molar-refractivity contribution < 1.29 is 13.2 Å². The summed E-state index contributed by atoms with van der Waals surface area (Å²) in [4.78, 5) is 2.53. The van der Waals surface area contributed by atoms with Gasteiger partial charge in [-0.25, -0.2) is 8.42 Å². The van der Waals surface area contributed by atoms with Crippen molar-refractivity contribution in [3.8, 4) is 5.75 Å². The summed E-state index contributed by atoms with van der Waals surface area (Å²) >= 11 is 0. The number of methoxy groups -OCH3 is 1. The number of likely N-dealkylation sites (tertiary alicyclic amines) is 1. The highest BCUT2D eigenvalue weighted by Gasteiger charge is 2.33. The van der Waals surface area contributed by atoms with Gasteiger partial charge in [0.1, 0.15) is 5.75 Å². The second kappa shape index (κ2) is 9.55. The van der Waals surface area contributed by atoms with Crippen LogP contribution in [0.4, 0.5) is 0 Å². The van der Waals surface area contributed by atoms with Crippen LogP contribution in [0, 0.1) is 5.92 Å². The number of sulfone groups is 1. The van der Waals surface area contributed by atoms with Gasteiger partial charge in [-0.2, -0.15) is 0 Å². The molecule has 148 valence electrons. The molecule has 0 aromatic heterocycles. The van der Waals surface area contributed by atoms with Crippen LogP contribution in [0.15, 0.2) is 59.5 Å². The van der Waals surface area contributed by atoms with E-state index in [1.165, 1.54) is 12.7 Å². The van der Waals surface area contributed by atoms with Gasteiger partial charge in [-0.15, -0.1) is 12.4 Å². The Labute approximate surface area is 167 Å². The van der Waals surface area contributed by atoms with Gasteiger partial charge < -0.3 is 15.4 Å². The van der Waals surface area contributed by atoms with E-state index in [-0.39, 0.29) is 18.2 Å². The smallest absolute Gasteiger partial charge is 0.179 e. The molecule has 1 heterocycles. The number of rotatable bonds is 7. The summed E-state index contributed by atoms with van der Waals surface area (Å²) in [7, 11) is -1.81. The highest BCUT2D eigenvalue weighted by Crippen LogP contribution is 2.32. The van der Waals surface area contributed by atoms with Crippen LogP contribution in [0.25, 0.3) is 0 Å². The fourth-order valence-electron chi connectivity index (χ4n) is 3.62. The maximum atomic E-state index is 12.7. The molecule has 1 fully saturated rings. The van der Waals surface area contributed by atoms with Crippen molar-refractivity contribution in [3.05, 3.63) is 60.2 Å². The van der Waals surface area contributed by atoms with Crippen molar-refractivity contribution in [2.45, 2.75) is 10.8 Å². The molecule has 27 heavy (non-hydrogen) atoms. The predicted octanol–water partition coefficient (Wildman–Crippen LogP) is 2.57. The lowest BCUT2D eigenvalue weighted by Gasteiger charge is -2.17. The van der Waals surface area contributed by atoms with Gasteiger partial charge in [0.15, 0.2) is 9.84 Å². The van der Waals surface area contributed by atoms with Crippen molar-refractivity contribution in [2.24, 2.45) is 11.7 Å². The molecule has 0 unspecified atom stereocenters. The predicted molar refractivity (Wildman–Crippen MR) is 110 cm³/mol. The highest BCUT2D eigenvalue weighted by molar-refractivity contribution is 7.91. The fourth-order valence-corrected chi connectivity index (χ4v) is 4.94. The number of hydrogen-bond donors (Lipinski definition) is 1. The Morgan fingerprint density at radius 1 is 1.11 bits per heavy atom.